The van der Waals surface area contributed by atoms with Gasteiger partial charge < -0.3 is 10.8 Å². The van der Waals surface area contributed by atoms with Crippen LogP contribution in [0.25, 0.3) is 17.2 Å². The standard InChI is InChI=1S/C13H11ClN6O/c1-7-4-5-17-20(7)13-11(16-6-10(15)19-13)8-2-3-9(21)12(14)18-8/h2-6,21H,1H3,(H2,15,19). The minimum absolute atomic E-state index is 0.00531. The van der Waals surface area contributed by atoms with Crippen molar-refractivity contribution in [2.24, 2.45) is 0 Å². The van der Waals surface area contributed by atoms with Gasteiger partial charge in [-0.1, -0.05) is 11.6 Å². The number of hydrogen-bond acceptors (Lipinski definition) is 6. The summed E-state index contributed by atoms with van der Waals surface area (Å²) in [6.45, 7) is 1.89. The van der Waals surface area contributed by atoms with Crippen molar-refractivity contribution in [1.29, 1.82) is 0 Å². The van der Waals surface area contributed by atoms with Crippen molar-refractivity contribution in [3.8, 4) is 23.0 Å². The summed E-state index contributed by atoms with van der Waals surface area (Å²) in [7, 11) is 0. The summed E-state index contributed by atoms with van der Waals surface area (Å²) in [6.07, 6.45) is 3.08. The van der Waals surface area contributed by atoms with Gasteiger partial charge in [0.1, 0.15) is 11.5 Å². The monoisotopic (exact) mass is 302 g/mol. The van der Waals surface area contributed by atoms with E-state index in [2.05, 4.69) is 20.1 Å². The fourth-order valence-corrected chi connectivity index (χ4v) is 2.03. The first-order chi connectivity index (χ1) is 10.1. The zero-order valence-corrected chi connectivity index (χ0v) is 11.8. The highest BCUT2D eigenvalue weighted by atomic mass is 35.5. The molecular formula is C13H11ClN6O. The molecule has 3 N–H and O–H groups in total. The Morgan fingerprint density at radius 1 is 1.24 bits per heavy atom. The minimum Gasteiger partial charge on any atom is -0.505 e. The number of nitrogen functional groups attached to an aromatic ring is 1. The first kappa shape index (κ1) is 13.3. The van der Waals surface area contributed by atoms with Crippen molar-refractivity contribution in [3.63, 3.8) is 0 Å². The maximum absolute atomic E-state index is 9.46. The molecule has 0 aliphatic heterocycles. The summed E-state index contributed by atoms with van der Waals surface area (Å²) < 4.78 is 1.61. The molecule has 3 aromatic heterocycles. The van der Waals surface area contributed by atoms with E-state index in [0.717, 1.165) is 5.69 Å². The van der Waals surface area contributed by atoms with Gasteiger partial charge >= 0.3 is 0 Å². The summed E-state index contributed by atoms with van der Waals surface area (Å²) in [6, 6.07) is 4.89. The van der Waals surface area contributed by atoms with Gasteiger partial charge in [0.15, 0.2) is 16.7 Å². The molecule has 0 saturated heterocycles. The largest absolute Gasteiger partial charge is 0.505 e. The van der Waals surface area contributed by atoms with E-state index in [1.165, 1.54) is 12.3 Å². The third kappa shape index (κ3) is 2.38. The highest BCUT2D eigenvalue weighted by Crippen LogP contribution is 2.27. The van der Waals surface area contributed by atoms with Crippen molar-refractivity contribution < 1.29 is 5.11 Å². The van der Waals surface area contributed by atoms with E-state index in [9.17, 15) is 5.11 Å². The Bertz CT molecular complexity index is 816. The van der Waals surface area contributed by atoms with Crippen LogP contribution in [0, 0.1) is 6.92 Å². The Balaban J connectivity index is 2.23. The molecule has 0 spiro atoms. The average Bonchev–Trinajstić information content (AvgIpc) is 2.88. The summed E-state index contributed by atoms with van der Waals surface area (Å²) in [5.74, 6) is 0.626. The van der Waals surface area contributed by atoms with Crippen LogP contribution in [0.4, 0.5) is 5.82 Å². The van der Waals surface area contributed by atoms with E-state index >= 15 is 0 Å². The SMILES string of the molecule is Cc1ccnn1-c1nc(N)cnc1-c1ccc(O)c(Cl)n1. The molecule has 8 heteroatoms. The smallest absolute Gasteiger partial charge is 0.183 e. The van der Waals surface area contributed by atoms with Gasteiger partial charge in [-0.25, -0.2) is 19.6 Å². The quantitative estimate of drug-likeness (QED) is 0.702. The third-order valence-corrected chi connectivity index (χ3v) is 3.16. The number of aryl methyl sites for hydroxylation is 1. The molecule has 0 fully saturated rings. The van der Waals surface area contributed by atoms with Gasteiger partial charge in [-0.3, -0.25) is 0 Å². The second kappa shape index (κ2) is 5.02. The number of nitrogens with two attached hydrogens (primary N) is 1. The van der Waals surface area contributed by atoms with Crippen LogP contribution in [0.3, 0.4) is 0 Å². The first-order valence-corrected chi connectivity index (χ1v) is 6.43. The van der Waals surface area contributed by atoms with Crippen LogP contribution in [0.1, 0.15) is 5.69 Å². The van der Waals surface area contributed by atoms with E-state index in [-0.39, 0.29) is 16.7 Å². The van der Waals surface area contributed by atoms with Gasteiger partial charge in [-0.05, 0) is 25.1 Å². The summed E-state index contributed by atoms with van der Waals surface area (Å²) in [5, 5.41) is 13.7. The number of aromatic nitrogens is 5. The number of hydrogen-bond donors (Lipinski definition) is 2. The van der Waals surface area contributed by atoms with Crippen molar-refractivity contribution in [1.82, 2.24) is 24.7 Å². The normalized spacial score (nSPS) is 10.8. The van der Waals surface area contributed by atoms with E-state index in [1.807, 2.05) is 13.0 Å². The van der Waals surface area contributed by atoms with Gasteiger partial charge in [0.2, 0.25) is 0 Å². The lowest BCUT2D eigenvalue weighted by Gasteiger charge is -2.10. The number of rotatable bonds is 2. The number of halogens is 1. The maximum Gasteiger partial charge on any atom is 0.183 e. The van der Waals surface area contributed by atoms with E-state index in [1.54, 1.807) is 16.9 Å². The molecule has 0 unspecified atom stereocenters. The van der Waals surface area contributed by atoms with Gasteiger partial charge in [0, 0.05) is 11.9 Å². The Hall–Kier alpha value is -2.67. The molecule has 3 heterocycles. The molecule has 0 saturated carbocycles. The van der Waals surface area contributed by atoms with Gasteiger partial charge in [0.25, 0.3) is 0 Å². The molecule has 21 heavy (non-hydrogen) atoms. The van der Waals surface area contributed by atoms with Gasteiger partial charge in [0.05, 0.1) is 11.9 Å². The zero-order valence-electron chi connectivity index (χ0n) is 11.0. The predicted octanol–water partition coefficient (Wildman–Crippen LogP) is 1.97. The second-order valence-corrected chi connectivity index (χ2v) is 4.72. The second-order valence-electron chi connectivity index (χ2n) is 4.36. The predicted molar refractivity (Wildman–Crippen MR) is 78.2 cm³/mol. The fraction of sp³-hybridized carbons (Fsp3) is 0.0769. The number of pyridine rings is 1. The zero-order chi connectivity index (χ0) is 15.0. The van der Waals surface area contributed by atoms with E-state index in [0.29, 0.717) is 17.2 Å². The number of aromatic hydroxyl groups is 1. The first-order valence-electron chi connectivity index (χ1n) is 6.05. The Labute approximate surface area is 125 Å². The van der Waals surface area contributed by atoms with Crippen LogP contribution in [-0.4, -0.2) is 29.8 Å². The number of nitrogens with zero attached hydrogens (tertiary/aromatic N) is 5. The summed E-state index contributed by atoms with van der Waals surface area (Å²) >= 11 is 5.85. The topological polar surface area (TPSA) is 103 Å². The molecule has 106 valence electrons. The Kier molecular flexibility index (Phi) is 3.19. The molecule has 0 aliphatic rings. The van der Waals surface area contributed by atoms with Crippen LogP contribution in [-0.2, 0) is 0 Å². The van der Waals surface area contributed by atoms with Crippen LogP contribution < -0.4 is 5.73 Å². The summed E-state index contributed by atoms with van der Waals surface area (Å²) in [5.41, 5.74) is 7.53. The van der Waals surface area contributed by atoms with E-state index < -0.39 is 0 Å². The average molecular weight is 303 g/mol. The molecule has 0 aromatic carbocycles. The van der Waals surface area contributed by atoms with Crippen molar-refractivity contribution in [2.45, 2.75) is 6.92 Å². The van der Waals surface area contributed by atoms with Gasteiger partial charge in [-0.15, -0.1) is 0 Å². The highest BCUT2D eigenvalue weighted by molar-refractivity contribution is 6.30. The van der Waals surface area contributed by atoms with Crippen molar-refractivity contribution in [3.05, 3.63) is 41.4 Å². The summed E-state index contributed by atoms with van der Waals surface area (Å²) in [4.78, 5) is 12.6. The lowest BCUT2D eigenvalue weighted by molar-refractivity contribution is 0.473. The van der Waals surface area contributed by atoms with Crippen molar-refractivity contribution in [2.75, 3.05) is 5.73 Å². The lowest BCUT2D eigenvalue weighted by atomic mass is 10.2. The molecule has 0 bridgehead atoms. The Morgan fingerprint density at radius 2 is 2.05 bits per heavy atom. The molecule has 0 atom stereocenters. The minimum atomic E-state index is -0.0966. The van der Waals surface area contributed by atoms with E-state index in [4.69, 9.17) is 17.3 Å². The molecular weight excluding hydrogens is 292 g/mol. The van der Waals surface area contributed by atoms with Crippen LogP contribution in [0.15, 0.2) is 30.6 Å². The third-order valence-electron chi connectivity index (χ3n) is 2.88. The molecule has 0 aliphatic carbocycles. The molecule has 3 rings (SSSR count). The lowest BCUT2D eigenvalue weighted by Crippen LogP contribution is -2.08. The molecule has 0 amide bonds. The molecule has 3 aromatic rings. The van der Waals surface area contributed by atoms with Crippen LogP contribution in [0.2, 0.25) is 5.15 Å². The van der Waals surface area contributed by atoms with Gasteiger partial charge in [-0.2, -0.15) is 5.10 Å². The highest BCUT2D eigenvalue weighted by Gasteiger charge is 2.15. The van der Waals surface area contributed by atoms with Crippen LogP contribution >= 0.6 is 11.6 Å². The molecule has 0 radical (unpaired) electrons. The van der Waals surface area contributed by atoms with Crippen LogP contribution in [0.5, 0.6) is 5.75 Å². The number of anilines is 1. The Morgan fingerprint density at radius 3 is 2.71 bits per heavy atom. The molecule has 7 nitrogen and oxygen atoms in total. The fourth-order valence-electron chi connectivity index (χ4n) is 1.87. The maximum atomic E-state index is 9.46. The van der Waals surface area contributed by atoms with Crippen molar-refractivity contribution >= 4 is 17.4 Å².